The van der Waals surface area contributed by atoms with Gasteiger partial charge in [0.25, 0.3) is 0 Å². The molecule has 0 amide bonds. The maximum Gasteiger partial charge on any atom is 0.150 e. The molecule has 0 bridgehead atoms. The Hall–Kier alpha value is -0.567. The topological polar surface area (TPSA) is 17.1 Å². The van der Waals surface area contributed by atoms with Crippen molar-refractivity contribution in [3.63, 3.8) is 0 Å². The van der Waals surface area contributed by atoms with Crippen LogP contribution in [0.4, 0.5) is 0 Å². The van der Waals surface area contributed by atoms with Gasteiger partial charge in [-0.3, -0.25) is 4.79 Å². The second-order valence-corrected chi connectivity index (χ2v) is 1.97. The van der Waals surface area contributed by atoms with Crippen LogP contribution in [0.5, 0.6) is 0 Å². The smallest absolute Gasteiger partial charge is 0.150 e. The van der Waals surface area contributed by atoms with Crippen LogP contribution in [0.1, 0.15) is 15.9 Å². The quantitative estimate of drug-likeness (QED) is 0.486. The zero-order chi connectivity index (χ0) is 6.69. The Labute approximate surface area is 71.4 Å². The van der Waals surface area contributed by atoms with E-state index in [0.29, 0.717) is 0 Å². The molecule has 0 heterocycles. The van der Waals surface area contributed by atoms with Gasteiger partial charge in [-0.25, -0.2) is 0 Å². The van der Waals surface area contributed by atoms with Gasteiger partial charge < -0.3 is 0 Å². The third kappa shape index (κ3) is 1.99. The number of rotatable bonds is 1. The number of aldehydes is 1. The SMILES string of the molecule is Cc1ccccc1C=O.[Ge]. The van der Waals surface area contributed by atoms with Crippen LogP contribution in [0.25, 0.3) is 0 Å². The molecule has 0 saturated heterocycles. The summed E-state index contributed by atoms with van der Waals surface area (Å²) < 4.78 is 0. The van der Waals surface area contributed by atoms with Crippen molar-refractivity contribution in [2.24, 2.45) is 0 Å². The van der Waals surface area contributed by atoms with E-state index < -0.39 is 0 Å². The van der Waals surface area contributed by atoms with Gasteiger partial charge in [-0.15, -0.1) is 0 Å². The summed E-state index contributed by atoms with van der Waals surface area (Å²) in [5, 5.41) is 0. The molecule has 50 valence electrons. The molecule has 0 saturated carbocycles. The minimum Gasteiger partial charge on any atom is -0.298 e. The van der Waals surface area contributed by atoms with E-state index in [4.69, 9.17) is 0 Å². The van der Waals surface area contributed by atoms with Crippen molar-refractivity contribution in [1.29, 1.82) is 0 Å². The fourth-order valence-electron chi connectivity index (χ4n) is 0.719. The normalized spacial score (nSPS) is 8.10. The predicted molar refractivity (Wildman–Crippen MR) is 42.3 cm³/mol. The van der Waals surface area contributed by atoms with E-state index in [2.05, 4.69) is 0 Å². The van der Waals surface area contributed by atoms with Gasteiger partial charge in [-0.05, 0) is 12.5 Å². The van der Waals surface area contributed by atoms with E-state index in [1.807, 2.05) is 31.2 Å². The number of carbonyl (C=O) groups excluding carboxylic acids is 1. The standard InChI is InChI=1S/C8H8O.Ge/c1-7-4-2-3-5-8(7)6-9;/h2-6H,1H3;. The molecule has 0 N–H and O–H groups in total. The van der Waals surface area contributed by atoms with Crippen molar-refractivity contribution in [2.75, 3.05) is 0 Å². The summed E-state index contributed by atoms with van der Waals surface area (Å²) in [7, 11) is 0. The summed E-state index contributed by atoms with van der Waals surface area (Å²) in [6, 6.07) is 7.51. The average molecular weight is 193 g/mol. The summed E-state index contributed by atoms with van der Waals surface area (Å²) in [5.41, 5.74) is 1.81. The van der Waals surface area contributed by atoms with Crippen LogP contribution >= 0.6 is 0 Å². The second-order valence-electron chi connectivity index (χ2n) is 1.97. The van der Waals surface area contributed by atoms with Crippen LogP contribution in [0.2, 0.25) is 0 Å². The minimum atomic E-state index is 0. The zero-order valence-electron chi connectivity index (χ0n) is 5.79. The summed E-state index contributed by atoms with van der Waals surface area (Å²) in [6.07, 6.45) is 0.870. The third-order valence-electron chi connectivity index (χ3n) is 1.32. The Bertz CT molecular complexity index is 220. The van der Waals surface area contributed by atoms with Gasteiger partial charge in [-0.2, -0.15) is 0 Å². The van der Waals surface area contributed by atoms with Crippen molar-refractivity contribution < 1.29 is 4.79 Å². The Morgan fingerprint density at radius 1 is 1.30 bits per heavy atom. The fraction of sp³-hybridized carbons (Fsp3) is 0.125. The maximum absolute atomic E-state index is 10.2. The fourth-order valence-corrected chi connectivity index (χ4v) is 0.719. The number of hydrogen-bond acceptors (Lipinski definition) is 1. The van der Waals surface area contributed by atoms with Gasteiger partial charge in [0, 0.05) is 23.2 Å². The van der Waals surface area contributed by atoms with Crippen LogP contribution in [-0.4, -0.2) is 23.9 Å². The summed E-state index contributed by atoms with van der Waals surface area (Å²) in [6.45, 7) is 1.92. The van der Waals surface area contributed by atoms with Gasteiger partial charge >= 0.3 is 0 Å². The van der Waals surface area contributed by atoms with Gasteiger partial charge in [0.05, 0.1) is 0 Å². The van der Waals surface area contributed by atoms with Gasteiger partial charge in [0.1, 0.15) is 6.29 Å². The van der Waals surface area contributed by atoms with Gasteiger partial charge in [-0.1, -0.05) is 24.3 Å². The van der Waals surface area contributed by atoms with Crippen LogP contribution in [0, 0.1) is 6.92 Å². The maximum atomic E-state index is 10.2. The molecular formula is C8H8GeO. The van der Waals surface area contributed by atoms with Gasteiger partial charge in [0.2, 0.25) is 0 Å². The molecule has 0 aromatic heterocycles. The van der Waals surface area contributed by atoms with E-state index in [9.17, 15) is 4.79 Å². The Morgan fingerprint density at radius 3 is 2.30 bits per heavy atom. The van der Waals surface area contributed by atoms with Crippen molar-refractivity contribution in [1.82, 2.24) is 0 Å². The number of carbonyl (C=O) groups is 1. The molecule has 10 heavy (non-hydrogen) atoms. The largest absolute Gasteiger partial charge is 0.298 e. The number of aryl methyl sites for hydroxylation is 1. The molecule has 0 fully saturated rings. The summed E-state index contributed by atoms with van der Waals surface area (Å²) in [5.74, 6) is 0. The Morgan fingerprint density at radius 2 is 1.90 bits per heavy atom. The van der Waals surface area contributed by atoms with Crippen molar-refractivity contribution in [2.45, 2.75) is 6.92 Å². The van der Waals surface area contributed by atoms with Crippen LogP contribution in [0.3, 0.4) is 0 Å². The number of benzene rings is 1. The molecule has 0 aliphatic carbocycles. The summed E-state index contributed by atoms with van der Waals surface area (Å²) >= 11 is 0. The molecule has 0 atom stereocenters. The molecule has 1 aromatic carbocycles. The molecule has 0 aliphatic rings. The first-order valence-corrected chi connectivity index (χ1v) is 2.85. The van der Waals surface area contributed by atoms with Crippen LogP contribution in [-0.2, 0) is 0 Å². The molecule has 1 aromatic rings. The van der Waals surface area contributed by atoms with E-state index >= 15 is 0 Å². The van der Waals surface area contributed by atoms with Crippen molar-refractivity contribution in [3.8, 4) is 0 Å². The van der Waals surface area contributed by atoms with E-state index in [1.54, 1.807) is 0 Å². The monoisotopic (exact) mass is 194 g/mol. The molecule has 4 radical (unpaired) electrons. The minimum absolute atomic E-state index is 0. The number of hydrogen-bond donors (Lipinski definition) is 0. The molecule has 1 rings (SSSR count). The first-order valence-electron chi connectivity index (χ1n) is 2.85. The Kier molecular flexibility index (Phi) is 4.04. The molecular weight excluding hydrogens is 185 g/mol. The molecule has 1 nitrogen and oxygen atoms in total. The first kappa shape index (κ1) is 9.43. The third-order valence-corrected chi connectivity index (χ3v) is 1.32. The van der Waals surface area contributed by atoms with Crippen LogP contribution < -0.4 is 0 Å². The average Bonchev–Trinajstić information content (AvgIpc) is 1.89. The molecule has 0 spiro atoms. The van der Waals surface area contributed by atoms with E-state index in [1.165, 1.54) is 0 Å². The first-order chi connectivity index (χ1) is 4.34. The second kappa shape index (κ2) is 4.28. The van der Waals surface area contributed by atoms with Crippen LogP contribution in [0.15, 0.2) is 24.3 Å². The van der Waals surface area contributed by atoms with Crippen molar-refractivity contribution >= 4 is 23.9 Å². The molecule has 0 unspecified atom stereocenters. The van der Waals surface area contributed by atoms with Crippen molar-refractivity contribution in [3.05, 3.63) is 35.4 Å². The molecule has 2 heteroatoms. The summed E-state index contributed by atoms with van der Waals surface area (Å²) in [4.78, 5) is 10.2. The predicted octanol–water partition coefficient (Wildman–Crippen LogP) is 1.43. The molecule has 0 aliphatic heterocycles. The van der Waals surface area contributed by atoms with E-state index in [-0.39, 0.29) is 17.6 Å². The van der Waals surface area contributed by atoms with E-state index in [0.717, 1.165) is 17.4 Å². The zero-order valence-corrected chi connectivity index (χ0v) is 7.89. The Balaban J connectivity index is 0.000000810. The van der Waals surface area contributed by atoms with Gasteiger partial charge in [0.15, 0.2) is 0 Å².